The van der Waals surface area contributed by atoms with Gasteiger partial charge >= 0.3 is 11.7 Å². The Morgan fingerprint density at radius 2 is 1.72 bits per heavy atom. The molecule has 4 aromatic rings. The van der Waals surface area contributed by atoms with Crippen molar-refractivity contribution in [3.05, 3.63) is 82.2 Å². The molecular weight excluding hydrogens is 421 g/mol. The van der Waals surface area contributed by atoms with Gasteiger partial charge in [-0.2, -0.15) is 0 Å². The van der Waals surface area contributed by atoms with E-state index in [2.05, 4.69) is 0 Å². The second kappa shape index (κ2) is 8.38. The molecule has 0 amide bonds. The smallest absolute Gasteiger partial charge is 0.342 e. The normalized spacial score (nSPS) is 10.8. The summed E-state index contributed by atoms with van der Waals surface area (Å²) >= 11 is 0. The standard InChI is InChI=1S/C23H16FNO7/c1-2-30-23(27)21-17-11-19(26)18(25(28)29)12-20(17)32-22(21)13-3-7-15(8-4-13)31-16-9-5-14(24)6-10-16/h3-12,26H,2H2,1H3. The summed E-state index contributed by atoms with van der Waals surface area (Å²) in [6, 6.07) is 14.2. The number of ether oxygens (including phenoxy) is 2. The van der Waals surface area contributed by atoms with Gasteiger partial charge in [-0.15, -0.1) is 0 Å². The molecular formula is C23H16FNO7. The number of hydrogen-bond acceptors (Lipinski definition) is 7. The number of nitro groups is 1. The Bertz CT molecular complexity index is 1310. The monoisotopic (exact) mass is 437 g/mol. The van der Waals surface area contributed by atoms with E-state index >= 15 is 0 Å². The van der Waals surface area contributed by atoms with Crippen LogP contribution in [0, 0.1) is 15.9 Å². The van der Waals surface area contributed by atoms with E-state index in [0.717, 1.165) is 12.1 Å². The van der Waals surface area contributed by atoms with Crippen LogP contribution in [0.2, 0.25) is 0 Å². The molecule has 0 saturated carbocycles. The van der Waals surface area contributed by atoms with Gasteiger partial charge < -0.3 is 19.0 Å². The van der Waals surface area contributed by atoms with Gasteiger partial charge in [-0.3, -0.25) is 10.1 Å². The third-order valence-corrected chi connectivity index (χ3v) is 4.63. The van der Waals surface area contributed by atoms with Crippen LogP contribution >= 0.6 is 0 Å². The third-order valence-electron chi connectivity index (χ3n) is 4.63. The Kier molecular flexibility index (Phi) is 5.46. The summed E-state index contributed by atoms with van der Waals surface area (Å²) in [5.74, 6) is -0.632. The van der Waals surface area contributed by atoms with E-state index in [9.17, 15) is 24.4 Å². The fourth-order valence-electron chi connectivity index (χ4n) is 3.19. The molecule has 32 heavy (non-hydrogen) atoms. The van der Waals surface area contributed by atoms with Crippen molar-refractivity contribution in [1.29, 1.82) is 0 Å². The lowest BCUT2D eigenvalue weighted by Gasteiger charge is -2.07. The van der Waals surface area contributed by atoms with Crippen molar-refractivity contribution in [2.45, 2.75) is 6.92 Å². The Morgan fingerprint density at radius 1 is 1.09 bits per heavy atom. The van der Waals surface area contributed by atoms with Crippen LogP contribution in [0.25, 0.3) is 22.3 Å². The van der Waals surface area contributed by atoms with Crippen molar-refractivity contribution in [3.63, 3.8) is 0 Å². The number of phenols is 1. The van der Waals surface area contributed by atoms with E-state index < -0.39 is 22.3 Å². The largest absolute Gasteiger partial charge is 0.502 e. The highest BCUT2D eigenvalue weighted by atomic mass is 19.1. The number of phenolic OH excluding ortho intramolecular Hbond substituents is 1. The molecule has 0 aliphatic heterocycles. The summed E-state index contributed by atoms with van der Waals surface area (Å²) in [7, 11) is 0. The zero-order valence-electron chi connectivity index (χ0n) is 16.7. The molecule has 1 heterocycles. The molecule has 0 atom stereocenters. The van der Waals surface area contributed by atoms with E-state index in [1.165, 1.54) is 24.3 Å². The van der Waals surface area contributed by atoms with Gasteiger partial charge in [0.2, 0.25) is 0 Å². The maximum absolute atomic E-state index is 13.0. The second-order valence-electron chi connectivity index (χ2n) is 6.70. The number of carbonyl (C=O) groups excluding carboxylic acids is 1. The van der Waals surface area contributed by atoms with Gasteiger partial charge in [-0.05, 0) is 61.5 Å². The fourth-order valence-corrected chi connectivity index (χ4v) is 3.19. The minimum atomic E-state index is -0.747. The van der Waals surface area contributed by atoms with Crippen LogP contribution in [0.1, 0.15) is 17.3 Å². The van der Waals surface area contributed by atoms with Crippen LogP contribution in [-0.4, -0.2) is 22.6 Å². The van der Waals surface area contributed by atoms with E-state index in [1.807, 2.05) is 0 Å². The number of rotatable bonds is 6. The number of halogens is 1. The van der Waals surface area contributed by atoms with E-state index in [1.54, 1.807) is 31.2 Å². The number of furan rings is 1. The highest BCUT2D eigenvalue weighted by Gasteiger charge is 2.27. The molecule has 0 unspecified atom stereocenters. The number of carbonyl (C=O) groups is 1. The number of esters is 1. The van der Waals surface area contributed by atoms with Crippen LogP contribution < -0.4 is 4.74 Å². The first-order valence-corrected chi connectivity index (χ1v) is 9.52. The molecule has 162 valence electrons. The molecule has 3 aromatic carbocycles. The number of fused-ring (bicyclic) bond motifs is 1. The van der Waals surface area contributed by atoms with Gasteiger partial charge in [0, 0.05) is 10.9 Å². The maximum Gasteiger partial charge on any atom is 0.342 e. The average molecular weight is 437 g/mol. The summed E-state index contributed by atoms with van der Waals surface area (Å²) < 4.78 is 29.6. The molecule has 0 fully saturated rings. The highest BCUT2D eigenvalue weighted by Crippen LogP contribution is 2.40. The molecule has 1 N–H and O–H groups in total. The van der Waals surface area contributed by atoms with Gasteiger partial charge in [0.1, 0.15) is 34.2 Å². The van der Waals surface area contributed by atoms with Crippen LogP contribution in [0.5, 0.6) is 17.2 Å². The summed E-state index contributed by atoms with van der Waals surface area (Å²) in [6.07, 6.45) is 0. The lowest BCUT2D eigenvalue weighted by molar-refractivity contribution is -0.385. The van der Waals surface area contributed by atoms with Crippen LogP contribution in [0.4, 0.5) is 10.1 Å². The number of aromatic hydroxyl groups is 1. The summed E-state index contributed by atoms with van der Waals surface area (Å²) in [6.45, 7) is 1.75. The van der Waals surface area contributed by atoms with Crippen molar-refractivity contribution < 1.29 is 33.1 Å². The Hall–Kier alpha value is -4.40. The first-order chi connectivity index (χ1) is 15.4. The molecule has 0 aliphatic rings. The van der Waals surface area contributed by atoms with Crippen molar-refractivity contribution in [2.75, 3.05) is 6.61 Å². The number of benzene rings is 3. The minimum Gasteiger partial charge on any atom is -0.502 e. The fraction of sp³-hybridized carbons (Fsp3) is 0.0870. The Balaban J connectivity index is 1.76. The lowest BCUT2D eigenvalue weighted by atomic mass is 10.0. The molecule has 0 radical (unpaired) electrons. The van der Waals surface area contributed by atoms with Crippen molar-refractivity contribution >= 4 is 22.6 Å². The lowest BCUT2D eigenvalue weighted by Crippen LogP contribution is -2.05. The predicted octanol–water partition coefficient (Wildman–Crippen LogP) is 5.82. The van der Waals surface area contributed by atoms with Crippen LogP contribution in [-0.2, 0) is 4.74 Å². The quantitative estimate of drug-likeness (QED) is 0.230. The minimum absolute atomic E-state index is 0.0410. The Morgan fingerprint density at radius 3 is 2.31 bits per heavy atom. The molecule has 1 aromatic heterocycles. The van der Waals surface area contributed by atoms with E-state index in [0.29, 0.717) is 17.1 Å². The molecule has 0 spiro atoms. The molecule has 8 nitrogen and oxygen atoms in total. The van der Waals surface area contributed by atoms with Gasteiger partial charge in [0.25, 0.3) is 0 Å². The SMILES string of the molecule is CCOC(=O)c1c(-c2ccc(Oc3ccc(F)cc3)cc2)oc2cc([N+](=O)[O-])c(O)cc12. The first kappa shape index (κ1) is 20.9. The predicted molar refractivity (Wildman–Crippen MR) is 112 cm³/mol. The second-order valence-corrected chi connectivity index (χ2v) is 6.70. The van der Waals surface area contributed by atoms with Gasteiger partial charge in [-0.25, -0.2) is 9.18 Å². The zero-order chi connectivity index (χ0) is 22.8. The summed E-state index contributed by atoms with van der Waals surface area (Å²) in [4.78, 5) is 23.0. The zero-order valence-corrected chi connectivity index (χ0v) is 16.7. The topological polar surface area (TPSA) is 112 Å². The van der Waals surface area contributed by atoms with Crippen LogP contribution in [0.3, 0.4) is 0 Å². The summed E-state index contributed by atoms with van der Waals surface area (Å²) in [5.41, 5.74) is 0.0348. The first-order valence-electron chi connectivity index (χ1n) is 9.52. The third kappa shape index (κ3) is 3.95. The number of hydrogen-bond donors (Lipinski definition) is 1. The number of nitro benzene ring substituents is 1. The highest BCUT2D eigenvalue weighted by molar-refractivity contribution is 6.09. The average Bonchev–Trinajstić information content (AvgIpc) is 3.13. The maximum atomic E-state index is 13.0. The van der Waals surface area contributed by atoms with E-state index in [-0.39, 0.29) is 34.7 Å². The molecule has 0 saturated heterocycles. The molecule has 0 aliphatic carbocycles. The van der Waals surface area contributed by atoms with Crippen LogP contribution in [0.15, 0.2) is 65.1 Å². The van der Waals surface area contributed by atoms with Crippen molar-refractivity contribution in [1.82, 2.24) is 0 Å². The van der Waals surface area contributed by atoms with Crippen molar-refractivity contribution in [2.24, 2.45) is 0 Å². The number of nitrogens with zero attached hydrogens (tertiary/aromatic N) is 1. The van der Waals surface area contributed by atoms with Gasteiger partial charge in [-0.1, -0.05) is 0 Å². The molecule has 9 heteroatoms. The van der Waals surface area contributed by atoms with Crippen molar-refractivity contribution in [3.8, 4) is 28.6 Å². The van der Waals surface area contributed by atoms with Gasteiger partial charge in [0.05, 0.1) is 17.6 Å². The van der Waals surface area contributed by atoms with E-state index in [4.69, 9.17) is 13.9 Å². The molecule has 4 rings (SSSR count). The Labute approximate surface area is 180 Å². The summed E-state index contributed by atoms with van der Waals surface area (Å²) in [5, 5.41) is 21.3. The van der Waals surface area contributed by atoms with Gasteiger partial charge in [0.15, 0.2) is 5.75 Å². The molecule has 0 bridgehead atoms.